The van der Waals surface area contributed by atoms with Gasteiger partial charge in [-0.3, -0.25) is 0 Å². The maximum absolute atomic E-state index is 13.6. The van der Waals surface area contributed by atoms with E-state index in [2.05, 4.69) is 5.16 Å². The van der Waals surface area contributed by atoms with E-state index >= 15 is 0 Å². The molecular formula is C13H12FNO3. The van der Waals surface area contributed by atoms with Gasteiger partial charge in [0, 0.05) is 5.56 Å². The number of ether oxygens (including phenoxy) is 1. The fraction of sp³-hybridized carbons (Fsp3) is 0.231. The predicted octanol–water partition coefficient (Wildman–Crippen LogP) is 3.05. The van der Waals surface area contributed by atoms with Gasteiger partial charge in [-0.05, 0) is 26.0 Å². The third kappa shape index (κ3) is 2.40. The van der Waals surface area contributed by atoms with Crippen molar-refractivity contribution in [3.05, 3.63) is 41.9 Å². The molecule has 18 heavy (non-hydrogen) atoms. The van der Waals surface area contributed by atoms with Crippen molar-refractivity contribution in [1.82, 2.24) is 5.16 Å². The summed E-state index contributed by atoms with van der Waals surface area (Å²) in [6.07, 6.45) is 0.896. The second-order valence-electron chi connectivity index (χ2n) is 4.01. The molecule has 0 amide bonds. The minimum Gasteiger partial charge on any atom is -0.459 e. The third-order valence-electron chi connectivity index (χ3n) is 2.26. The summed E-state index contributed by atoms with van der Waals surface area (Å²) in [5, 5.41) is 3.66. The van der Waals surface area contributed by atoms with Crippen LogP contribution in [0.2, 0.25) is 0 Å². The number of rotatable bonds is 3. The van der Waals surface area contributed by atoms with E-state index in [0.29, 0.717) is 0 Å². The first kappa shape index (κ1) is 12.3. The summed E-state index contributed by atoms with van der Waals surface area (Å²) in [5.74, 6) is -1.05. The van der Waals surface area contributed by atoms with Crippen molar-refractivity contribution >= 4 is 5.97 Å². The summed E-state index contributed by atoms with van der Waals surface area (Å²) in [6.45, 7) is 3.46. The lowest BCUT2D eigenvalue weighted by Crippen LogP contribution is -2.11. The van der Waals surface area contributed by atoms with Crippen LogP contribution >= 0.6 is 0 Å². The lowest BCUT2D eigenvalue weighted by Gasteiger charge is -2.07. The van der Waals surface area contributed by atoms with Crippen LogP contribution in [0.5, 0.6) is 0 Å². The monoisotopic (exact) mass is 249 g/mol. The van der Waals surface area contributed by atoms with Gasteiger partial charge in [-0.1, -0.05) is 17.3 Å². The van der Waals surface area contributed by atoms with Crippen molar-refractivity contribution in [2.45, 2.75) is 20.0 Å². The van der Waals surface area contributed by atoms with Crippen molar-refractivity contribution in [2.75, 3.05) is 0 Å². The zero-order chi connectivity index (χ0) is 13.1. The van der Waals surface area contributed by atoms with Crippen LogP contribution in [0.4, 0.5) is 4.39 Å². The van der Waals surface area contributed by atoms with Crippen LogP contribution in [-0.4, -0.2) is 17.2 Å². The molecule has 4 nitrogen and oxygen atoms in total. The van der Waals surface area contributed by atoms with E-state index in [1.807, 2.05) is 0 Å². The van der Waals surface area contributed by atoms with Crippen LogP contribution in [-0.2, 0) is 4.74 Å². The van der Waals surface area contributed by atoms with E-state index < -0.39 is 11.8 Å². The summed E-state index contributed by atoms with van der Waals surface area (Å²) in [6, 6.07) is 6.04. The lowest BCUT2D eigenvalue weighted by molar-refractivity contribution is 0.0378. The molecular weight excluding hydrogens is 237 g/mol. The number of hydrogen-bond acceptors (Lipinski definition) is 4. The molecule has 1 heterocycles. The molecule has 5 heteroatoms. The van der Waals surface area contributed by atoms with Crippen LogP contribution in [0, 0.1) is 5.82 Å². The standard InChI is InChI=1S/C13H12FNO3/c1-8(2)18-13(16)10-7-17-15-12(10)9-5-3-4-6-11(9)14/h3-8H,1-2H3. The quantitative estimate of drug-likeness (QED) is 0.784. The summed E-state index contributed by atoms with van der Waals surface area (Å²) >= 11 is 0. The molecule has 0 spiro atoms. The van der Waals surface area contributed by atoms with Gasteiger partial charge in [0.1, 0.15) is 23.3 Å². The van der Waals surface area contributed by atoms with Crippen molar-refractivity contribution in [1.29, 1.82) is 0 Å². The summed E-state index contributed by atoms with van der Waals surface area (Å²) in [7, 11) is 0. The maximum atomic E-state index is 13.6. The normalized spacial score (nSPS) is 10.7. The molecule has 0 saturated carbocycles. The first-order valence-corrected chi connectivity index (χ1v) is 5.50. The Balaban J connectivity index is 2.40. The van der Waals surface area contributed by atoms with Gasteiger partial charge in [0.15, 0.2) is 0 Å². The number of esters is 1. The molecule has 0 aliphatic heterocycles. The number of carbonyl (C=O) groups excluding carboxylic acids is 1. The fourth-order valence-corrected chi connectivity index (χ4v) is 1.51. The molecule has 1 aromatic heterocycles. The fourth-order valence-electron chi connectivity index (χ4n) is 1.51. The molecule has 0 fully saturated rings. The summed E-state index contributed by atoms with van der Waals surface area (Å²) in [5.41, 5.74) is 0.481. The number of aromatic nitrogens is 1. The second-order valence-corrected chi connectivity index (χ2v) is 4.01. The van der Waals surface area contributed by atoms with Crippen LogP contribution in [0.15, 0.2) is 35.1 Å². The maximum Gasteiger partial charge on any atom is 0.344 e. The van der Waals surface area contributed by atoms with Crippen LogP contribution in [0.3, 0.4) is 0 Å². The third-order valence-corrected chi connectivity index (χ3v) is 2.26. The van der Waals surface area contributed by atoms with Gasteiger partial charge in [-0.15, -0.1) is 0 Å². The molecule has 0 atom stereocenters. The zero-order valence-electron chi connectivity index (χ0n) is 10.0. The summed E-state index contributed by atoms with van der Waals surface area (Å²) < 4.78 is 23.4. The molecule has 1 aromatic carbocycles. The van der Waals surface area contributed by atoms with Gasteiger partial charge in [-0.2, -0.15) is 0 Å². The van der Waals surface area contributed by atoms with E-state index in [1.165, 1.54) is 12.1 Å². The van der Waals surface area contributed by atoms with Gasteiger partial charge in [0.05, 0.1) is 6.10 Å². The molecule has 0 aliphatic rings. The Bertz CT molecular complexity index is 563. The Labute approximate surface area is 103 Å². The zero-order valence-corrected chi connectivity index (χ0v) is 10.0. The second kappa shape index (κ2) is 5.00. The molecule has 0 bridgehead atoms. The van der Waals surface area contributed by atoms with Crippen molar-refractivity contribution < 1.29 is 18.4 Å². The van der Waals surface area contributed by atoms with E-state index in [0.717, 1.165) is 6.26 Å². The Hall–Kier alpha value is -2.17. The van der Waals surface area contributed by atoms with Gasteiger partial charge in [0.2, 0.25) is 0 Å². The highest BCUT2D eigenvalue weighted by Gasteiger charge is 2.21. The lowest BCUT2D eigenvalue weighted by atomic mass is 10.1. The van der Waals surface area contributed by atoms with Crippen molar-refractivity contribution in [3.8, 4) is 11.3 Å². The highest BCUT2D eigenvalue weighted by Crippen LogP contribution is 2.25. The minimum absolute atomic E-state index is 0.119. The Morgan fingerprint density at radius 3 is 2.78 bits per heavy atom. The Morgan fingerprint density at radius 1 is 1.39 bits per heavy atom. The molecule has 94 valence electrons. The molecule has 0 unspecified atom stereocenters. The topological polar surface area (TPSA) is 52.3 Å². The van der Waals surface area contributed by atoms with Crippen LogP contribution in [0.25, 0.3) is 11.3 Å². The number of halogens is 1. The number of benzene rings is 1. The van der Waals surface area contributed by atoms with Gasteiger partial charge in [0.25, 0.3) is 0 Å². The molecule has 0 N–H and O–H groups in total. The highest BCUT2D eigenvalue weighted by molar-refractivity contribution is 5.95. The Kier molecular flexibility index (Phi) is 3.41. The smallest absolute Gasteiger partial charge is 0.344 e. The molecule has 0 saturated heterocycles. The molecule has 0 aliphatic carbocycles. The van der Waals surface area contributed by atoms with Gasteiger partial charge >= 0.3 is 5.97 Å². The average Bonchev–Trinajstić information content (AvgIpc) is 2.77. The SMILES string of the molecule is CC(C)OC(=O)c1conc1-c1ccccc1F. The van der Waals surface area contributed by atoms with Crippen molar-refractivity contribution in [2.24, 2.45) is 0 Å². The van der Waals surface area contributed by atoms with Crippen LogP contribution in [0.1, 0.15) is 24.2 Å². The first-order valence-electron chi connectivity index (χ1n) is 5.50. The molecule has 0 radical (unpaired) electrons. The van der Waals surface area contributed by atoms with Gasteiger partial charge < -0.3 is 9.26 Å². The van der Waals surface area contributed by atoms with E-state index in [4.69, 9.17) is 9.26 Å². The molecule has 2 aromatic rings. The number of nitrogens with zero attached hydrogens (tertiary/aromatic N) is 1. The van der Waals surface area contributed by atoms with E-state index in [-0.39, 0.29) is 22.9 Å². The molecule has 2 rings (SSSR count). The Morgan fingerprint density at radius 2 is 2.11 bits per heavy atom. The number of carbonyl (C=O) groups is 1. The summed E-state index contributed by atoms with van der Waals surface area (Å²) in [4.78, 5) is 11.8. The minimum atomic E-state index is -0.579. The predicted molar refractivity (Wildman–Crippen MR) is 62.4 cm³/mol. The highest BCUT2D eigenvalue weighted by atomic mass is 19.1. The number of hydrogen-bond donors (Lipinski definition) is 0. The van der Waals surface area contributed by atoms with Crippen LogP contribution < -0.4 is 0 Å². The van der Waals surface area contributed by atoms with E-state index in [9.17, 15) is 9.18 Å². The van der Waals surface area contributed by atoms with Gasteiger partial charge in [-0.25, -0.2) is 9.18 Å². The van der Waals surface area contributed by atoms with E-state index in [1.54, 1.807) is 26.0 Å². The largest absolute Gasteiger partial charge is 0.459 e. The average molecular weight is 249 g/mol. The first-order chi connectivity index (χ1) is 8.59. The van der Waals surface area contributed by atoms with Crippen molar-refractivity contribution in [3.63, 3.8) is 0 Å².